The number of nitrogens with zero attached hydrogens (tertiary/aromatic N) is 2. The molecule has 1 aromatic rings. The number of amides is 1. The molecule has 1 aliphatic carbocycles. The molecule has 3 heteroatoms. The number of fused-ring (bicyclic) bond motifs is 1. The van der Waals surface area contributed by atoms with Gasteiger partial charge in [0, 0.05) is 19.3 Å². The van der Waals surface area contributed by atoms with E-state index in [2.05, 4.69) is 24.0 Å². The van der Waals surface area contributed by atoms with Crippen LogP contribution in [0.1, 0.15) is 43.4 Å². The monoisotopic (exact) mass is 244 g/mol. The predicted molar refractivity (Wildman–Crippen MR) is 70.3 cm³/mol. The quantitative estimate of drug-likeness (QED) is 0.800. The molecule has 1 saturated carbocycles. The lowest BCUT2D eigenvalue weighted by Gasteiger charge is -2.17. The van der Waals surface area contributed by atoms with Gasteiger partial charge in [0.1, 0.15) is 0 Å². The fourth-order valence-electron chi connectivity index (χ4n) is 3.58. The van der Waals surface area contributed by atoms with E-state index < -0.39 is 0 Å². The van der Waals surface area contributed by atoms with Crippen LogP contribution < -0.4 is 0 Å². The van der Waals surface area contributed by atoms with E-state index in [1.807, 2.05) is 18.1 Å². The Morgan fingerprint density at radius 2 is 2.22 bits per heavy atom. The zero-order chi connectivity index (χ0) is 12.7. The molecule has 2 heterocycles. The molecule has 3 nitrogen and oxygen atoms in total. The molecule has 2 aliphatic rings. The Morgan fingerprint density at radius 3 is 2.89 bits per heavy atom. The van der Waals surface area contributed by atoms with Gasteiger partial charge < -0.3 is 4.90 Å². The maximum atomic E-state index is 12.4. The van der Waals surface area contributed by atoms with Crippen molar-refractivity contribution in [1.29, 1.82) is 0 Å². The molecule has 1 saturated heterocycles. The van der Waals surface area contributed by atoms with Crippen molar-refractivity contribution in [2.24, 2.45) is 5.92 Å². The van der Waals surface area contributed by atoms with Crippen LogP contribution in [-0.4, -0.2) is 28.9 Å². The highest BCUT2D eigenvalue weighted by Gasteiger charge is 2.49. The summed E-state index contributed by atoms with van der Waals surface area (Å²) < 4.78 is 0. The molecule has 0 bridgehead atoms. The van der Waals surface area contributed by atoms with Crippen LogP contribution in [0.3, 0.4) is 0 Å². The van der Waals surface area contributed by atoms with Crippen LogP contribution in [0.15, 0.2) is 18.3 Å². The van der Waals surface area contributed by atoms with Gasteiger partial charge in [0.25, 0.3) is 0 Å². The van der Waals surface area contributed by atoms with Gasteiger partial charge in [-0.2, -0.15) is 0 Å². The Balaban J connectivity index is 1.92. The molecule has 3 unspecified atom stereocenters. The Labute approximate surface area is 108 Å². The molecule has 2 fully saturated rings. The van der Waals surface area contributed by atoms with E-state index >= 15 is 0 Å². The van der Waals surface area contributed by atoms with Crippen LogP contribution in [0.25, 0.3) is 0 Å². The van der Waals surface area contributed by atoms with Crippen molar-refractivity contribution in [2.75, 3.05) is 7.05 Å². The van der Waals surface area contributed by atoms with E-state index in [-0.39, 0.29) is 11.8 Å². The molecular formula is C15H20N2O. The van der Waals surface area contributed by atoms with Crippen molar-refractivity contribution in [3.63, 3.8) is 0 Å². The number of rotatable bonds is 2. The number of likely N-dealkylation sites (N-methyl/N-ethyl adjacent to an activating group) is 1. The topological polar surface area (TPSA) is 33.2 Å². The third-order valence-corrected chi connectivity index (χ3v) is 4.65. The summed E-state index contributed by atoms with van der Waals surface area (Å²) in [6, 6.07) is 4.61. The number of hydrogen-bond acceptors (Lipinski definition) is 2. The summed E-state index contributed by atoms with van der Waals surface area (Å²) in [6.07, 6.45) is 6.50. The van der Waals surface area contributed by atoms with Gasteiger partial charge >= 0.3 is 0 Å². The third-order valence-electron chi connectivity index (χ3n) is 4.65. The third kappa shape index (κ3) is 1.64. The van der Waals surface area contributed by atoms with Crippen molar-refractivity contribution in [1.82, 2.24) is 9.88 Å². The molecule has 0 spiro atoms. The van der Waals surface area contributed by atoms with Crippen molar-refractivity contribution >= 4 is 5.91 Å². The molecule has 0 N–H and O–H groups in total. The highest BCUT2D eigenvalue weighted by molar-refractivity contribution is 5.86. The van der Waals surface area contributed by atoms with E-state index in [0.29, 0.717) is 12.0 Å². The average molecular weight is 244 g/mol. The Morgan fingerprint density at radius 1 is 1.39 bits per heavy atom. The Kier molecular flexibility index (Phi) is 2.84. The number of carbonyl (C=O) groups excluding carboxylic acids is 1. The second kappa shape index (κ2) is 4.38. The summed E-state index contributed by atoms with van der Waals surface area (Å²) >= 11 is 0. The molecular weight excluding hydrogens is 224 g/mol. The smallest absolute Gasteiger partial charge is 0.232 e. The summed E-state index contributed by atoms with van der Waals surface area (Å²) in [4.78, 5) is 18.8. The number of likely N-dealkylation sites (tertiary alicyclic amines) is 1. The lowest BCUT2D eigenvalue weighted by molar-refractivity contribution is -0.129. The van der Waals surface area contributed by atoms with Crippen molar-refractivity contribution < 1.29 is 4.79 Å². The van der Waals surface area contributed by atoms with Crippen LogP contribution in [0.4, 0.5) is 0 Å². The standard InChI is InChI=1S/C15H20N2O/c1-3-10-7-8-12(16-9-10)14-11-5-4-6-13(11)17(2)15(14)18/h7-9,11,13-14H,3-6H2,1-2H3. The van der Waals surface area contributed by atoms with Gasteiger partial charge in [0.2, 0.25) is 5.91 Å². The van der Waals surface area contributed by atoms with Gasteiger partial charge in [-0.15, -0.1) is 0 Å². The fraction of sp³-hybridized carbons (Fsp3) is 0.600. The summed E-state index contributed by atoms with van der Waals surface area (Å²) in [5.41, 5.74) is 2.21. The first-order valence-corrected chi connectivity index (χ1v) is 6.94. The molecule has 96 valence electrons. The van der Waals surface area contributed by atoms with E-state index in [0.717, 1.165) is 18.5 Å². The van der Waals surface area contributed by atoms with Gasteiger partial charge in [-0.3, -0.25) is 9.78 Å². The molecule has 0 radical (unpaired) electrons. The van der Waals surface area contributed by atoms with E-state index in [1.54, 1.807) is 0 Å². The SMILES string of the molecule is CCc1ccc(C2C(=O)N(C)C3CCCC23)nc1. The van der Waals surface area contributed by atoms with Crippen molar-refractivity contribution in [3.05, 3.63) is 29.6 Å². The summed E-state index contributed by atoms with van der Waals surface area (Å²) in [5, 5.41) is 0. The number of aryl methyl sites for hydroxylation is 1. The zero-order valence-corrected chi connectivity index (χ0v) is 11.1. The van der Waals surface area contributed by atoms with Crippen LogP contribution in [0, 0.1) is 5.92 Å². The summed E-state index contributed by atoms with van der Waals surface area (Å²) in [6.45, 7) is 2.12. The van der Waals surface area contributed by atoms with E-state index in [1.165, 1.54) is 18.4 Å². The Bertz CT molecular complexity index is 454. The van der Waals surface area contributed by atoms with Crippen molar-refractivity contribution in [2.45, 2.75) is 44.6 Å². The van der Waals surface area contributed by atoms with Gasteiger partial charge in [0.05, 0.1) is 11.6 Å². The van der Waals surface area contributed by atoms with Gasteiger partial charge in [-0.1, -0.05) is 19.4 Å². The highest BCUT2D eigenvalue weighted by Crippen LogP contribution is 2.45. The highest BCUT2D eigenvalue weighted by atomic mass is 16.2. The zero-order valence-electron chi connectivity index (χ0n) is 11.1. The first-order chi connectivity index (χ1) is 8.72. The molecule has 0 aromatic carbocycles. The average Bonchev–Trinajstić information content (AvgIpc) is 2.95. The van der Waals surface area contributed by atoms with Crippen LogP contribution >= 0.6 is 0 Å². The molecule has 1 aromatic heterocycles. The van der Waals surface area contributed by atoms with Gasteiger partial charge in [-0.05, 0) is 36.8 Å². The summed E-state index contributed by atoms with van der Waals surface area (Å²) in [7, 11) is 1.95. The number of carbonyl (C=O) groups is 1. The normalized spacial score (nSPS) is 30.9. The van der Waals surface area contributed by atoms with Crippen LogP contribution in [-0.2, 0) is 11.2 Å². The molecule has 1 amide bonds. The maximum absolute atomic E-state index is 12.4. The largest absolute Gasteiger partial charge is 0.342 e. The molecule has 18 heavy (non-hydrogen) atoms. The number of aromatic nitrogens is 1. The van der Waals surface area contributed by atoms with Crippen LogP contribution in [0.5, 0.6) is 0 Å². The first kappa shape index (κ1) is 11.7. The van der Waals surface area contributed by atoms with Crippen molar-refractivity contribution in [3.8, 4) is 0 Å². The molecule has 1 aliphatic heterocycles. The summed E-state index contributed by atoms with van der Waals surface area (Å²) in [5.74, 6) is 0.761. The second-order valence-corrected chi connectivity index (χ2v) is 5.53. The Hall–Kier alpha value is -1.38. The van der Waals surface area contributed by atoms with E-state index in [9.17, 15) is 4.79 Å². The van der Waals surface area contributed by atoms with E-state index in [4.69, 9.17) is 0 Å². The predicted octanol–water partition coefficient (Wildman–Crippen LogP) is 2.37. The minimum atomic E-state index is 0.00778. The minimum absolute atomic E-state index is 0.00778. The molecule has 3 atom stereocenters. The molecule has 3 rings (SSSR count). The minimum Gasteiger partial charge on any atom is -0.342 e. The van der Waals surface area contributed by atoms with Gasteiger partial charge in [-0.25, -0.2) is 0 Å². The lowest BCUT2D eigenvalue weighted by Crippen LogP contribution is -2.29. The fourth-order valence-corrected chi connectivity index (χ4v) is 3.58. The lowest BCUT2D eigenvalue weighted by atomic mass is 9.89. The first-order valence-electron chi connectivity index (χ1n) is 6.94. The van der Waals surface area contributed by atoms with Crippen LogP contribution in [0.2, 0.25) is 0 Å². The number of pyridine rings is 1. The second-order valence-electron chi connectivity index (χ2n) is 5.53. The maximum Gasteiger partial charge on any atom is 0.232 e. The number of hydrogen-bond donors (Lipinski definition) is 0. The van der Waals surface area contributed by atoms with Gasteiger partial charge in [0.15, 0.2) is 0 Å².